The lowest BCUT2D eigenvalue weighted by molar-refractivity contribution is -0.144. The molecule has 0 saturated carbocycles. The summed E-state index contributed by atoms with van der Waals surface area (Å²) in [6.45, 7) is 9.60. The Hall–Kier alpha value is -3.63. The molecule has 5 N–H and O–H groups in total. The third-order valence-corrected chi connectivity index (χ3v) is 8.68. The van der Waals surface area contributed by atoms with Gasteiger partial charge in [0.05, 0.1) is 61.8 Å². The molecule has 3 rings (SSSR count). The number of nitrogens with one attached hydrogen (secondary N) is 3. The maximum Gasteiger partial charge on any atom is 0.404 e. The fraction of sp³-hybridized carbons (Fsp3) is 0.606. The van der Waals surface area contributed by atoms with Crippen LogP contribution in [0.3, 0.4) is 0 Å². The summed E-state index contributed by atoms with van der Waals surface area (Å²) >= 11 is 1.59. The number of hydrogen-bond donors (Lipinski definition) is 5. The zero-order valence-corrected chi connectivity index (χ0v) is 29.0. The molecule has 15 heteroatoms. The van der Waals surface area contributed by atoms with Crippen LogP contribution in [0.4, 0.5) is 4.79 Å². The number of carbonyl (C=O) groups is 4. The van der Waals surface area contributed by atoms with Crippen LogP contribution in [-0.4, -0.2) is 121 Å². The highest BCUT2D eigenvalue weighted by Gasteiger charge is 2.44. The molecular formula is C33H49N5O9S. The fourth-order valence-electron chi connectivity index (χ4n) is 5.14. The van der Waals surface area contributed by atoms with E-state index in [9.17, 15) is 24.3 Å². The number of nitrogens with zero attached hydrogens (tertiary/aromatic N) is 2. The van der Waals surface area contributed by atoms with Gasteiger partial charge in [-0.3, -0.25) is 14.4 Å². The number of β-amino-alcohol motifs (C(OH)–C–C–N with tert-alkyl or cyclic N) is 1. The summed E-state index contributed by atoms with van der Waals surface area (Å²) in [5.41, 5.74) is 4.31. The largest absolute Gasteiger partial charge is 0.465 e. The van der Waals surface area contributed by atoms with Gasteiger partial charge in [0.15, 0.2) is 0 Å². The minimum atomic E-state index is -1.10. The SMILES string of the molecule is Cc1ncsc1-c1ccc(CCNC(=O)[C@@H]2C[C@@H](O)CN2C(=O)[C@@H](NC(=O)CCOCCOCCOCCNC(=O)O)C(C)(C)C)cc1. The number of carbonyl (C=O) groups excluding carboxylic acids is 3. The predicted octanol–water partition coefficient (Wildman–Crippen LogP) is 1.98. The number of carboxylic acid groups (broad SMARTS) is 1. The fourth-order valence-corrected chi connectivity index (χ4v) is 5.95. The first-order valence-electron chi connectivity index (χ1n) is 16.1. The minimum Gasteiger partial charge on any atom is -0.465 e. The molecule has 2 heterocycles. The van der Waals surface area contributed by atoms with Crippen LogP contribution in [0.25, 0.3) is 10.4 Å². The molecule has 2 aromatic rings. The van der Waals surface area contributed by atoms with E-state index in [4.69, 9.17) is 19.3 Å². The van der Waals surface area contributed by atoms with Gasteiger partial charge in [0.2, 0.25) is 17.7 Å². The Morgan fingerprint density at radius 3 is 2.23 bits per heavy atom. The summed E-state index contributed by atoms with van der Waals surface area (Å²) in [4.78, 5) is 56.9. The quantitative estimate of drug-likeness (QED) is 0.136. The van der Waals surface area contributed by atoms with E-state index in [2.05, 4.69) is 20.9 Å². The van der Waals surface area contributed by atoms with Gasteiger partial charge in [-0.1, -0.05) is 45.0 Å². The number of ether oxygens (including phenoxy) is 3. The number of aliphatic hydroxyl groups excluding tert-OH is 1. The second kappa shape index (κ2) is 19.4. The molecule has 0 radical (unpaired) electrons. The number of amides is 4. The molecule has 14 nitrogen and oxygen atoms in total. The molecule has 1 aromatic heterocycles. The number of hydrogen-bond acceptors (Lipinski definition) is 10. The van der Waals surface area contributed by atoms with Gasteiger partial charge in [0, 0.05) is 32.5 Å². The molecule has 1 aromatic carbocycles. The normalized spacial score (nSPS) is 16.8. The van der Waals surface area contributed by atoms with E-state index >= 15 is 0 Å². The van der Waals surface area contributed by atoms with Crippen molar-refractivity contribution in [2.75, 3.05) is 59.3 Å². The van der Waals surface area contributed by atoms with E-state index in [-0.39, 0.29) is 57.6 Å². The second-order valence-electron chi connectivity index (χ2n) is 12.6. The van der Waals surface area contributed by atoms with E-state index in [1.54, 1.807) is 11.3 Å². The van der Waals surface area contributed by atoms with Crippen LogP contribution in [0.5, 0.6) is 0 Å². The van der Waals surface area contributed by atoms with E-state index in [1.807, 2.05) is 57.5 Å². The second-order valence-corrected chi connectivity index (χ2v) is 13.4. The highest BCUT2D eigenvalue weighted by Crippen LogP contribution is 2.28. The molecule has 1 saturated heterocycles. The van der Waals surface area contributed by atoms with Gasteiger partial charge in [-0.2, -0.15) is 0 Å². The van der Waals surface area contributed by atoms with Gasteiger partial charge in [0.25, 0.3) is 0 Å². The minimum absolute atomic E-state index is 0.00516. The molecule has 4 amide bonds. The molecule has 3 atom stereocenters. The van der Waals surface area contributed by atoms with E-state index in [1.165, 1.54) is 4.90 Å². The van der Waals surface area contributed by atoms with Crippen molar-refractivity contribution in [2.24, 2.45) is 5.41 Å². The molecule has 0 spiro atoms. The maximum absolute atomic E-state index is 13.8. The molecule has 1 fully saturated rings. The lowest BCUT2D eigenvalue weighted by atomic mass is 9.85. The first kappa shape index (κ1) is 38.8. The van der Waals surface area contributed by atoms with Gasteiger partial charge in [-0.25, -0.2) is 9.78 Å². The van der Waals surface area contributed by atoms with Crippen molar-refractivity contribution in [1.29, 1.82) is 0 Å². The number of aromatic nitrogens is 1. The van der Waals surface area contributed by atoms with Crippen molar-refractivity contribution in [3.63, 3.8) is 0 Å². The Balaban J connectivity index is 1.41. The van der Waals surface area contributed by atoms with Gasteiger partial charge in [-0.15, -0.1) is 11.3 Å². The molecule has 48 heavy (non-hydrogen) atoms. The van der Waals surface area contributed by atoms with Crippen molar-refractivity contribution in [3.05, 3.63) is 41.0 Å². The third kappa shape index (κ3) is 12.8. The molecule has 1 aliphatic rings. The first-order valence-corrected chi connectivity index (χ1v) is 17.0. The summed E-state index contributed by atoms with van der Waals surface area (Å²) in [6.07, 6.45) is -1.20. The summed E-state index contributed by atoms with van der Waals surface area (Å²) in [6, 6.07) is 6.37. The predicted molar refractivity (Wildman–Crippen MR) is 180 cm³/mol. The van der Waals surface area contributed by atoms with E-state index in [0.717, 1.165) is 21.7 Å². The zero-order valence-electron chi connectivity index (χ0n) is 28.2. The molecule has 0 aliphatic carbocycles. The van der Waals surface area contributed by atoms with Gasteiger partial charge < -0.3 is 45.3 Å². The Morgan fingerprint density at radius 1 is 0.979 bits per heavy atom. The van der Waals surface area contributed by atoms with E-state index in [0.29, 0.717) is 32.8 Å². The highest BCUT2D eigenvalue weighted by molar-refractivity contribution is 7.13. The lowest BCUT2D eigenvalue weighted by Crippen LogP contribution is -2.57. The lowest BCUT2D eigenvalue weighted by Gasteiger charge is -2.35. The van der Waals surface area contributed by atoms with E-state index < -0.39 is 35.6 Å². The van der Waals surface area contributed by atoms with Crippen LogP contribution in [-0.2, 0) is 35.0 Å². The molecule has 0 bridgehead atoms. The zero-order chi connectivity index (χ0) is 35.1. The Bertz CT molecular complexity index is 1330. The van der Waals surface area contributed by atoms with Crippen LogP contribution in [0, 0.1) is 12.3 Å². The summed E-state index contributed by atoms with van der Waals surface area (Å²) in [5, 5.41) is 26.8. The van der Waals surface area contributed by atoms with Gasteiger partial charge in [-0.05, 0) is 29.9 Å². The van der Waals surface area contributed by atoms with Crippen molar-refractivity contribution in [2.45, 2.75) is 65.1 Å². The first-order chi connectivity index (χ1) is 22.9. The smallest absolute Gasteiger partial charge is 0.404 e. The standard InChI is InChI=1S/C33H49N5O9S/c1-22-28(48-21-36-22)24-7-5-23(6-8-24)9-11-34-30(41)26-19-25(39)20-38(26)31(42)29(33(2,3)4)37-27(40)10-13-45-15-17-47-18-16-46-14-12-35-32(43)44/h5-8,21,25-26,29,35,39H,9-20H2,1-4H3,(H,34,41)(H,37,40)(H,43,44)/t25-,26+,29-/m1/s1. The molecular weight excluding hydrogens is 642 g/mol. The number of thiazole rings is 1. The highest BCUT2D eigenvalue weighted by atomic mass is 32.1. The number of aryl methyl sites for hydroxylation is 1. The third-order valence-electron chi connectivity index (χ3n) is 7.70. The monoisotopic (exact) mass is 691 g/mol. The van der Waals surface area contributed by atoms with Crippen molar-refractivity contribution >= 4 is 35.2 Å². The molecule has 0 unspecified atom stereocenters. The molecule has 266 valence electrons. The number of likely N-dealkylation sites (tertiary alicyclic amines) is 1. The molecule has 1 aliphatic heterocycles. The van der Waals surface area contributed by atoms with Crippen LogP contribution in [0.15, 0.2) is 29.8 Å². The number of benzene rings is 1. The van der Waals surface area contributed by atoms with Crippen LogP contribution < -0.4 is 16.0 Å². The van der Waals surface area contributed by atoms with Crippen LogP contribution in [0.2, 0.25) is 0 Å². The summed E-state index contributed by atoms with van der Waals surface area (Å²) in [5.74, 6) is -1.13. The average molecular weight is 692 g/mol. The summed E-state index contributed by atoms with van der Waals surface area (Å²) in [7, 11) is 0. The Kier molecular flexibility index (Phi) is 15.7. The van der Waals surface area contributed by atoms with Crippen LogP contribution in [0.1, 0.15) is 44.9 Å². The van der Waals surface area contributed by atoms with Crippen molar-refractivity contribution in [1.82, 2.24) is 25.8 Å². The van der Waals surface area contributed by atoms with Crippen molar-refractivity contribution in [3.8, 4) is 10.4 Å². The van der Waals surface area contributed by atoms with Crippen molar-refractivity contribution < 1.29 is 43.6 Å². The van der Waals surface area contributed by atoms with Gasteiger partial charge >= 0.3 is 6.09 Å². The number of aliphatic hydroxyl groups is 1. The van der Waals surface area contributed by atoms with Gasteiger partial charge in [0.1, 0.15) is 12.1 Å². The topological polar surface area (TPSA) is 189 Å². The Morgan fingerprint density at radius 2 is 1.62 bits per heavy atom. The summed E-state index contributed by atoms with van der Waals surface area (Å²) < 4.78 is 16.1. The Labute approximate surface area is 285 Å². The maximum atomic E-state index is 13.8. The number of rotatable bonds is 19. The van der Waals surface area contributed by atoms with Crippen LogP contribution >= 0.6 is 11.3 Å². The average Bonchev–Trinajstić information content (AvgIpc) is 3.65.